The highest BCUT2D eigenvalue weighted by Gasteiger charge is 2.41. The zero-order valence-electron chi connectivity index (χ0n) is 13.4. The number of amides is 1. The summed E-state index contributed by atoms with van der Waals surface area (Å²) in [5.41, 5.74) is 3.02. The molecule has 1 heterocycles. The molecule has 0 unspecified atom stereocenters. The van der Waals surface area contributed by atoms with E-state index in [0.29, 0.717) is 11.1 Å². The number of nitrogens with zero attached hydrogens (tertiary/aromatic N) is 1. The summed E-state index contributed by atoms with van der Waals surface area (Å²) in [6.07, 6.45) is 1.85. The molecule has 0 spiro atoms. The van der Waals surface area contributed by atoms with Gasteiger partial charge in [0.1, 0.15) is 6.17 Å². The van der Waals surface area contributed by atoms with Crippen molar-refractivity contribution in [3.8, 4) is 0 Å². The van der Waals surface area contributed by atoms with Crippen molar-refractivity contribution in [2.45, 2.75) is 25.0 Å². The summed E-state index contributed by atoms with van der Waals surface area (Å²) in [6, 6.07) is 15.1. The number of esters is 1. The first kappa shape index (κ1) is 14.8. The maximum atomic E-state index is 12.9. The average Bonchev–Trinajstić information content (AvgIpc) is 3.46. The first-order valence-corrected chi connectivity index (χ1v) is 8.05. The fourth-order valence-corrected chi connectivity index (χ4v) is 3.16. The van der Waals surface area contributed by atoms with Crippen molar-refractivity contribution < 1.29 is 14.3 Å². The second-order valence-corrected chi connectivity index (χ2v) is 6.15. The summed E-state index contributed by atoms with van der Waals surface area (Å²) < 4.78 is 4.74. The highest BCUT2D eigenvalue weighted by molar-refractivity contribution is 6.02. The molecule has 5 heteroatoms. The van der Waals surface area contributed by atoms with Crippen LogP contribution in [0.2, 0.25) is 0 Å². The zero-order chi connectivity index (χ0) is 16.7. The van der Waals surface area contributed by atoms with Crippen molar-refractivity contribution in [2.75, 3.05) is 12.4 Å². The van der Waals surface area contributed by atoms with Crippen LogP contribution in [0.1, 0.15) is 45.3 Å². The molecule has 0 saturated heterocycles. The van der Waals surface area contributed by atoms with Gasteiger partial charge in [-0.3, -0.25) is 4.79 Å². The smallest absolute Gasteiger partial charge is 0.337 e. The van der Waals surface area contributed by atoms with Crippen molar-refractivity contribution >= 4 is 17.6 Å². The Morgan fingerprint density at radius 2 is 1.83 bits per heavy atom. The molecule has 1 aliphatic heterocycles. The molecular formula is C19H18N2O3. The molecule has 1 aliphatic carbocycles. The first-order valence-electron chi connectivity index (χ1n) is 8.05. The van der Waals surface area contributed by atoms with E-state index in [-0.39, 0.29) is 24.1 Å². The third-order valence-electron chi connectivity index (χ3n) is 4.55. The van der Waals surface area contributed by atoms with Crippen molar-refractivity contribution in [3.05, 3.63) is 65.2 Å². The molecule has 1 N–H and O–H groups in total. The van der Waals surface area contributed by atoms with Crippen LogP contribution in [0, 0.1) is 0 Å². The zero-order valence-corrected chi connectivity index (χ0v) is 13.4. The highest BCUT2D eigenvalue weighted by Crippen LogP contribution is 2.40. The minimum absolute atomic E-state index is 0.0638. The number of rotatable bonds is 3. The van der Waals surface area contributed by atoms with Crippen LogP contribution >= 0.6 is 0 Å². The van der Waals surface area contributed by atoms with Gasteiger partial charge in [0.15, 0.2) is 0 Å². The Bertz CT molecular complexity index is 797. The number of carbonyl (C=O) groups excluding carboxylic acids is 2. The van der Waals surface area contributed by atoms with Gasteiger partial charge in [-0.2, -0.15) is 0 Å². The first-order chi connectivity index (χ1) is 11.7. The Kier molecular flexibility index (Phi) is 3.49. The van der Waals surface area contributed by atoms with Crippen LogP contribution in [0.5, 0.6) is 0 Å². The van der Waals surface area contributed by atoms with E-state index in [9.17, 15) is 9.59 Å². The molecular weight excluding hydrogens is 304 g/mol. The molecule has 5 nitrogen and oxygen atoms in total. The molecule has 1 amide bonds. The molecule has 2 aromatic rings. The van der Waals surface area contributed by atoms with E-state index in [1.54, 1.807) is 12.1 Å². The van der Waals surface area contributed by atoms with Crippen LogP contribution in [0.15, 0.2) is 48.5 Å². The van der Waals surface area contributed by atoms with Crippen molar-refractivity contribution in [2.24, 2.45) is 0 Å². The molecule has 2 aliphatic rings. The minimum atomic E-state index is -0.362. The summed E-state index contributed by atoms with van der Waals surface area (Å²) in [5, 5.41) is 3.47. The van der Waals surface area contributed by atoms with Crippen LogP contribution in [0.3, 0.4) is 0 Å². The number of carbonyl (C=O) groups is 2. The minimum Gasteiger partial charge on any atom is -0.465 e. The fourth-order valence-electron chi connectivity index (χ4n) is 3.16. The summed E-state index contributed by atoms with van der Waals surface area (Å²) >= 11 is 0. The van der Waals surface area contributed by atoms with Crippen LogP contribution in [-0.4, -0.2) is 29.9 Å². The summed E-state index contributed by atoms with van der Waals surface area (Å²) in [4.78, 5) is 26.4. The van der Waals surface area contributed by atoms with Gasteiger partial charge in [-0.15, -0.1) is 0 Å². The van der Waals surface area contributed by atoms with Crippen LogP contribution < -0.4 is 5.32 Å². The lowest BCUT2D eigenvalue weighted by Gasteiger charge is -2.38. The van der Waals surface area contributed by atoms with Crippen molar-refractivity contribution in [3.63, 3.8) is 0 Å². The fraction of sp³-hybridized carbons (Fsp3) is 0.263. The molecule has 1 atom stereocenters. The Balaban J connectivity index is 1.71. The Hall–Kier alpha value is -2.82. The second-order valence-electron chi connectivity index (χ2n) is 6.15. The lowest BCUT2D eigenvalue weighted by atomic mass is 10.0. The Morgan fingerprint density at radius 3 is 2.50 bits per heavy atom. The van der Waals surface area contributed by atoms with Gasteiger partial charge in [-0.25, -0.2) is 4.79 Å². The number of methoxy groups -OCH3 is 1. The van der Waals surface area contributed by atoms with Crippen molar-refractivity contribution in [1.82, 2.24) is 4.90 Å². The van der Waals surface area contributed by atoms with Gasteiger partial charge in [-0.1, -0.05) is 24.3 Å². The lowest BCUT2D eigenvalue weighted by molar-refractivity contribution is 0.0598. The summed E-state index contributed by atoms with van der Waals surface area (Å²) in [5.74, 6) is -0.299. The average molecular weight is 322 g/mol. The van der Waals surface area contributed by atoms with E-state index >= 15 is 0 Å². The van der Waals surface area contributed by atoms with E-state index < -0.39 is 0 Å². The number of anilines is 1. The largest absolute Gasteiger partial charge is 0.465 e. The number of para-hydroxylation sites is 1. The number of nitrogens with one attached hydrogen (secondary N) is 1. The molecule has 0 radical (unpaired) electrons. The Morgan fingerprint density at radius 1 is 1.12 bits per heavy atom. The SMILES string of the molecule is COC(=O)c1ccc([C@@H]2Nc3ccccc3C(=O)N2C2CC2)cc1. The van der Waals surface area contributed by atoms with E-state index in [0.717, 1.165) is 24.1 Å². The van der Waals surface area contributed by atoms with Gasteiger partial charge < -0.3 is 15.0 Å². The lowest BCUT2D eigenvalue weighted by Crippen LogP contribution is -2.44. The van der Waals surface area contributed by atoms with Crippen molar-refractivity contribution in [1.29, 1.82) is 0 Å². The molecule has 24 heavy (non-hydrogen) atoms. The van der Waals surface area contributed by atoms with E-state index in [1.165, 1.54) is 7.11 Å². The molecule has 4 rings (SSSR count). The molecule has 122 valence electrons. The van der Waals surface area contributed by atoms with Crippen LogP contribution in [-0.2, 0) is 4.74 Å². The summed E-state index contributed by atoms with van der Waals surface area (Å²) in [7, 11) is 1.36. The quantitative estimate of drug-likeness (QED) is 0.882. The van der Waals surface area contributed by atoms with Gasteiger partial charge in [0, 0.05) is 11.7 Å². The summed E-state index contributed by atoms with van der Waals surface area (Å²) in [6.45, 7) is 0. The monoisotopic (exact) mass is 322 g/mol. The number of hydrogen-bond acceptors (Lipinski definition) is 4. The third kappa shape index (κ3) is 2.42. The number of hydrogen-bond donors (Lipinski definition) is 1. The third-order valence-corrected chi connectivity index (χ3v) is 4.55. The maximum Gasteiger partial charge on any atom is 0.337 e. The molecule has 0 bridgehead atoms. The predicted octanol–water partition coefficient (Wildman–Crippen LogP) is 3.20. The van der Waals surface area contributed by atoms with E-state index in [2.05, 4.69) is 5.32 Å². The molecule has 0 aromatic heterocycles. The second kappa shape index (κ2) is 5.67. The normalized spacial score (nSPS) is 19.5. The number of benzene rings is 2. The van der Waals surface area contributed by atoms with Gasteiger partial charge >= 0.3 is 5.97 Å². The van der Waals surface area contributed by atoms with E-state index in [4.69, 9.17) is 4.74 Å². The maximum absolute atomic E-state index is 12.9. The predicted molar refractivity (Wildman–Crippen MR) is 89.8 cm³/mol. The van der Waals surface area contributed by atoms with Gasteiger partial charge in [0.25, 0.3) is 5.91 Å². The Labute approximate surface area is 140 Å². The number of ether oxygens (including phenoxy) is 1. The van der Waals surface area contributed by atoms with Gasteiger partial charge in [0.2, 0.25) is 0 Å². The van der Waals surface area contributed by atoms with E-state index in [1.807, 2.05) is 41.3 Å². The highest BCUT2D eigenvalue weighted by atomic mass is 16.5. The molecule has 1 fully saturated rings. The molecule has 2 aromatic carbocycles. The van der Waals surface area contributed by atoms with Gasteiger partial charge in [0.05, 0.1) is 18.2 Å². The number of fused-ring (bicyclic) bond motifs is 1. The van der Waals surface area contributed by atoms with Crippen LogP contribution in [0.25, 0.3) is 0 Å². The van der Waals surface area contributed by atoms with Gasteiger partial charge in [-0.05, 0) is 42.7 Å². The molecule has 1 saturated carbocycles. The topological polar surface area (TPSA) is 58.6 Å². The van der Waals surface area contributed by atoms with Crippen LogP contribution in [0.4, 0.5) is 5.69 Å². The standard InChI is InChI=1S/C19H18N2O3/c1-24-19(23)13-8-6-12(7-9-13)17-20-16-5-3-2-4-15(16)18(22)21(17)14-10-11-14/h2-9,14,17,20H,10-11H2,1H3/t17-/m1/s1.